The van der Waals surface area contributed by atoms with Crippen LogP contribution in [0.25, 0.3) is 22.3 Å². The summed E-state index contributed by atoms with van der Waals surface area (Å²) in [6.45, 7) is 1.16. The molecular formula is C23H18ClF2N5O5. The van der Waals surface area contributed by atoms with Crippen LogP contribution >= 0.6 is 11.6 Å². The molecule has 0 atom stereocenters. The highest BCUT2D eigenvalue weighted by Crippen LogP contribution is 2.42. The second kappa shape index (κ2) is 8.88. The zero-order chi connectivity index (χ0) is 25.6. The van der Waals surface area contributed by atoms with Gasteiger partial charge in [-0.3, -0.25) is 9.59 Å². The van der Waals surface area contributed by atoms with Crippen LogP contribution < -0.4 is 19.9 Å². The molecule has 10 nitrogen and oxygen atoms in total. The van der Waals surface area contributed by atoms with Crippen molar-refractivity contribution in [3.63, 3.8) is 0 Å². The number of carbonyl (C=O) groups excluding carboxylic acids is 1. The molecule has 13 heteroatoms. The molecule has 0 spiro atoms. The van der Waals surface area contributed by atoms with Crippen molar-refractivity contribution in [2.24, 2.45) is 0 Å². The van der Waals surface area contributed by atoms with Crippen molar-refractivity contribution >= 4 is 34.2 Å². The molecule has 0 saturated carbocycles. The Kier molecular flexibility index (Phi) is 5.85. The fourth-order valence-corrected chi connectivity index (χ4v) is 4.24. The molecule has 1 amide bonds. The third-order valence-corrected chi connectivity index (χ3v) is 5.76. The number of imidazole rings is 1. The Morgan fingerprint density at radius 2 is 2.00 bits per heavy atom. The zero-order valence-electron chi connectivity index (χ0n) is 18.7. The Labute approximate surface area is 206 Å². The number of rotatable bonds is 6. The first kappa shape index (κ1) is 23.7. The number of alkyl halides is 2. The normalized spacial score (nSPS) is 13.8. The van der Waals surface area contributed by atoms with Gasteiger partial charge in [-0.1, -0.05) is 11.6 Å². The highest BCUT2D eigenvalue weighted by atomic mass is 35.5. The van der Waals surface area contributed by atoms with E-state index in [-0.39, 0.29) is 47.1 Å². The van der Waals surface area contributed by atoms with Gasteiger partial charge in [0.1, 0.15) is 23.3 Å². The summed E-state index contributed by atoms with van der Waals surface area (Å²) in [6.07, 6.45) is -2.45. The number of anilines is 1. The van der Waals surface area contributed by atoms with Gasteiger partial charge in [-0.2, -0.15) is 5.10 Å². The van der Waals surface area contributed by atoms with E-state index in [1.807, 2.05) is 0 Å². The summed E-state index contributed by atoms with van der Waals surface area (Å²) in [5.41, 5.74) is 1.41. The Hall–Kier alpha value is -4.03. The van der Waals surface area contributed by atoms with Crippen molar-refractivity contribution in [1.29, 1.82) is 0 Å². The molecule has 0 fully saturated rings. The maximum Gasteiger partial charge on any atom is 0.586 e. The van der Waals surface area contributed by atoms with Crippen LogP contribution in [0.1, 0.15) is 12.5 Å². The summed E-state index contributed by atoms with van der Waals surface area (Å²) in [6, 6.07) is 8.83. The molecule has 0 radical (unpaired) electrons. The largest absolute Gasteiger partial charge is 0.586 e. The number of aromatic nitrogens is 4. The molecule has 2 N–H and O–H groups in total. The summed E-state index contributed by atoms with van der Waals surface area (Å²) >= 11 is 6.18. The van der Waals surface area contributed by atoms with Gasteiger partial charge in [-0.05, 0) is 42.8 Å². The lowest BCUT2D eigenvalue weighted by atomic mass is 10.1. The summed E-state index contributed by atoms with van der Waals surface area (Å²) in [5, 5.41) is 14.3. The standard InChI is InChI=1S/C23H18ClF2N5O5/c1-2-30(15-3-4-16-17(8-15)36-23(25,26)35-16)18(33)9-31-22(34)21-20(27-11-28-21)19(29-31)13-5-12(10-32)6-14(24)7-13/h3-8,11,32H,2,9-10H2,1H3,(H,27,28). The van der Waals surface area contributed by atoms with Crippen molar-refractivity contribution in [3.8, 4) is 22.8 Å². The van der Waals surface area contributed by atoms with Crippen LogP contribution in [0.15, 0.2) is 47.5 Å². The molecule has 1 aliphatic heterocycles. The molecule has 1 aliphatic rings. The third kappa shape index (κ3) is 4.25. The Morgan fingerprint density at radius 3 is 2.75 bits per heavy atom. The maximum absolute atomic E-state index is 13.4. The van der Waals surface area contributed by atoms with Gasteiger partial charge < -0.3 is 24.5 Å². The van der Waals surface area contributed by atoms with Gasteiger partial charge in [0.15, 0.2) is 11.5 Å². The van der Waals surface area contributed by atoms with E-state index in [1.54, 1.807) is 25.1 Å². The first-order valence-corrected chi connectivity index (χ1v) is 11.1. The number of amides is 1. The number of aromatic amines is 1. The lowest BCUT2D eigenvalue weighted by Crippen LogP contribution is -2.37. The molecule has 2 aromatic carbocycles. The lowest BCUT2D eigenvalue weighted by molar-refractivity contribution is -0.286. The number of halogens is 3. The fraction of sp³-hybridized carbons (Fsp3) is 0.217. The van der Waals surface area contributed by atoms with E-state index in [9.17, 15) is 23.5 Å². The van der Waals surface area contributed by atoms with Gasteiger partial charge >= 0.3 is 6.29 Å². The average molecular weight is 518 g/mol. The number of hydrogen-bond donors (Lipinski definition) is 2. The predicted molar refractivity (Wildman–Crippen MR) is 125 cm³/mol. The maximum atomic E-state index is 13.4. The molecular weight excluding hydrogens is 500 g/mol. The Balaban J connectivity index is 1.51. The number of fused-ring (bicyclic) bond motifs is 2. The molecule has 0 saturated heterocycles. The molecule has 36 heavy (non-hydrogen) atoms. The summed E-state index contributed by atoms with van der Waals surface area (Å²) in [4.78, 5) is 34.5. The van der Waals surface area contributed by atoms with Crippen molar-refractivity contribution < 1.29 is 28.2 Å². The molecule has 186 valence electrons. The number of hydrogen-bond acceptors (Lipinski definition) is 7. The van der Waals surface area contributed by atoms with E-state index >= 15 is 0 Å². The SMILES string of the molecule is CCN(C(=O)Cn1nc(-c2cc(Cl)cc(CO)c2)c2nc[nH]c2c1=O)c1ccc2c(c1)OC(F)(F)O2. The average Bonchev–Trinajstić information content (AvgIpc) is 3.44. The van der Waals surface area contributed by atoms with Crippen LogP contribution in [-0.4, -0.2) is 43.6 Å². The smallest absolute Gasteiger partial charge is 0.395 e. The minimum absolute atomic E-state index is 0.131. The molecule has 3 heterocycles. The molecule has 0 aliphatic carbocycles. The van der Waals surface area contributed by atoms with Crippen LogP contribution in [0.2, 0.25) is 5.02 Å². The van der Waals surface area contributed by atoms with Crippen molar-refractivity contribution in [2.75, 3.05) is 11.4 Å². The Bertz CT molecular complexity index is 1550. The van der Waals surface area contributed by atoms with E-state index < -0.39 is 24.3 Å². The second-order valence-corrected chi connectivity index (χ2v) is 8.32. The molecule has 5 rings (SSSR count). The number of aliphatic hydroxyl groups is 1. The van der Waals surface area contributed by atoms with E-state index in [0.29, 0.717) is 16.1 Å². The monoisotopic (exact) mass is 517 g/mol. The van der Waals surface area contributed by atoms with Crippen molar-refractivity contribution in [1.82, 2.24) is 19.7 Å². The lowest BCUT2D eigenvalue weighted by Gasteiger charge is -2.21. The van der Waals surface area contributed by atoms with Gasteiger partial charge in [0.05, 0.1) is 12.9 Å². The van der Waals surface area contributed by atoms with E-state index in [1.165, 1.54) is 29.4 Å². The van der Waals surface area contributed by atoms with Gasteiger partial charge in [0, 0.05) is 28.9 Å². The Morgan fingerprint density at radius 1 is 1.22 bits per heavy atom. The molecule has 2 aromatic heterocycles. The van der Waals surface area contributed by atoms with Crippen LogP contribution in [0.5, 0.6) is 11.5 Å². The second-order valence-electron chi connectivity index (χ2n) is 7.88. The molecule has 0 bridgehead atoms. The number of nitrogens with zero attached hydrogens (tertiary/aromatic N) is 4. The molecule has 0 unspecified atom stereocenters. The minimum atomic E-state index is -3.79. The van der Waals surface area contributed by atoms with Crippen LogP contribution in [0.4, 0.5) is 14.5 Å². The van der Waals surface area contributed by atoms with Crippen LogP contribution in [0, 0.1) is 0 Å². The summed E-state index contributed by atoms with van der Waals surface area (Å²) in [7, 11) is 0. The zero-order valence-corrected chi connectivity index (χ0v) is 19.4. The van der Waals surface area contributed by atoms with E-state index in [4.69, 9.17) is 11.6 Å². The van der Waals surface area contributed by atoms with Crippen molar-refractivity contribution in [2.45, 2.75) is 26.4 Å². The third-order valence-electron chi connectivity index (χ3n) is 5.55. The minimum Gasteiger partial charge on any atom is -0.395 e. The van der Waals surface area contributed by atoms with Gasteiger partial charge in [-0.25, -0.2) is 9.67 Å². The summed E-state index contributed by atoms with van der Waals surface area (Å²) < 4.78 is 36.6. The molecule has 4 aromatic rings. The van der Waals surface area contributed by atoms with E-state index in [0.717, 1.165) is 4.68 Å². The van der Waals surface area contributed by atoms with Crippen molar-refractivity contribution in [3.05, 3.63) is 63.7 Å². The van der Waals surface area contributed by atoms with Gasteiger partial charge in [0.2, 0.25) is 5.91 Å². The topological polar surface area (TPSA) is 123 Å². The number of carbonyl (C=O) groups is 1. The number of aliphatic hydroxyl groups excluding tert-OH is 1. The van der Waals surface area contributed by atoms with Gasteiger partial charge in [0.25, 0.3) is 5.56 Å². The number of H-pyrrole nitrogens is 1. The number of nitrogens with one attached hydrogen (secondary N) is 1. The number of ether oxygens (including phenoxy) is 2. The highest BCUT2D eigenvalue weighted by Gasteiger charge is 2.43. The van der Waals surface area contributed by atoms with Crippen LogP contribution in [-0.2, 0) is 17.9 Å². The quantitative estimate of drug-likeness (QED) is 0.402. The fourth-order valence-electron chi connectivity index (χ4n) is 3.98. The predicted octanol–water partition coefficient (Wildman–Crippen LogP) is 3.31. The van der Waals surface area contributed by atoms with E-state index in [2.05, 4.69) is 24.5 Å². The first-order chi connectivity index (χ1) is 17.2. The summed E-state index contributed by atoms with van der Waals surface area (Å²) in [5.74, 6) is -0.881. The van der Waals surface area contributed by atoms with Crippen LogP contribution in [0.3, 0.4) is 0 Å². The first-order valence-electron chi connectivity index (χ1n) is 10.7. The number of benzene rings is 2. The number of likely N-dealkylation sites (N-methyl/N-ethyl adjacent to an activating group) is 1. The van der Waals surface area contributed by atoms with Gasteiger partial charge in [-0.15, -0.1) is 8.78 Å². The highest BCUT2D eigenvalue weighted by molar-refractivity contribution is 6.31.